The molecular weight excluding hydrogens is 382 g/mol. The van der Waals surface area contributed by atoms with E-state index in [1.165, 1.54) is 23.1 Å². The molecule has 3 aromatic rings. The Morgan fingerprint density at radius 2 is 2.00 bits per heavy atom. The minimum Gasteiger partial charge on any atom is -0.312 e. The second-order valence-electron chi connectivity index (χ2n) is 5.65. The number of aromatic nitrogens is 2. The number of hydrogen-bond acceptors (Lipinski definition) is 5. The summed E-state index contributed by atoms with van der Waals surface area (Å²) in [4.78, 5) is 14.4. The molecule has 1 aromatic heterocycles. The van der Waals surface area contributed by atoms with E-state index in [4.69, 9.17) is 12.2 Å². The smallest absolute Gasteiger partial charge is 0.237 e. The quantitative estimate of drug-likeness (QED) is 0.425. The molecule has 0 saturated carbocycles. The number of aryl methyl sites for hydroxylation is 1. The van der Waals surface area contributed by atoms with Gasteiger partial charge in [0.1, 0.15) is 0 Å². The molecule has 0 atom stereocenters. The summed E-state index contributed by atoms with van der Waals surface area (Å²) in [5, 5.41) is 4.57. The first-order valence-electron chi connectivity index (χ1n) is 8.24. The predicted molar refractivity (Wildman–Crippen MR) is 112 cm³/mol. The van der Waals surface area contributed by atoms with Crippen LogP contribution in [-0.2, 0) is 4.79 Å². The number of thioether (sulfide) groups is 1. The van der Waals surface area contributed by atoms with E-state index in [1.807, 2.05) is 68.4 Å². The molecule has 0 unspecified atom stereocenters. The topological polar surface area (TPSA) is 38.1 Å². The van der Waals surface area contributed by atoms with Crippen LogP contribution in [0.3, 0.4) is 0 Å². The fourth-order valence-corrected chi connectivity index (χ4v) is 4.79. The molecule has 3 rings (SSSR count). The summed E-state index contributed by atoms with van der Waals surface area (Å²) in [7, 11) is 0. The number of nitrogens with zero attached hydrogens (tertiary/aromatic N) is 3. The third kappa shape index (κ3) is 4.41. The van der Waals surface area contributed by atoms with Gasteiger partial charge in [0.15, 0.2) is 8.29 Å². The maximum Gasteiger partial charge on any atom is 0.237 e. The monoisotopic (exact) mass is 401 g/mol. The molecule has 2 aromatic carbocycles. The van der Waals surface area contributed by atoms with Gasteiger partial charge in [0.2, 0.25) is 5.91 Å². The molecule has 1 heterocycles. The Morgan fingerprint density at radius 1 is 1.23 bits per heavy atom. The van der Waals surface area contributed by atoms with Gasteiger partial charge in [0, 0.05) is 12.2 Å². The van der Waals surface area contributed by atoms with Gasteiger partial charge in [-0.1, -0.05) is 53.4 Å². The molecule has 0 aliphatic carbocycles. The zero-order valence-corrected chi connectivity index (χ0v) is 17.0. The normalized spacial score (nSPS) is 10.7. The Kier molecular flexibility index (Phi) is 6.24. The van der Waals surface area contributed by atoms with Gasteiger partial charge in [0.05, 0.1) is 11.4 Å². The van der Waals surface area contributed by atoms with E-state index in [1.54, 1.807) is 9.58 Å². The maximum absolute atomic E-state index is 12.6. The third-order valence-electron chi connectivity index (χ3n) is 3.78. The lowest BCUT2D eigenvalue weighted by molar-refractivity contribution is -0.116. The van der Waals surface area contributed by atoms with Crippen molar-refractivity contribution in [2.24, 2.45) is 0 Å². The van der Waals surface area contributed by atoms with Crippen molar-refractivity contribution in [2.75, 3.05) is 17.2 Å². The van der Waals surface area contributed by atoms with Crippen molar-refractivity contribution in [1.29, 1.82) is 0 Å². The Morgan fingerprint density at radius 3 is 2.69 bits per heavy atom. The minimum absolute atomic E-state index is 0.0620. The van der Waals surface area contributed by atoms with Crippen LogP contribution in [0.15, 0.2) is 58.9 Å². The van der Waals surface area contributed by atoms with Crippen LogP contribution in [0, 0.1) is 10.9 Å². The molecular formula is C19H19N3OS3. The van der Waals surface area contributed by atoms with E-state index in [0.717, 1.165) is 21.3 Å². The van der Waals surface area contributed by atoms with E-state index in [9.17, 15) is 4.79 Å². The summed E-state index contributed by atoms with van der Waals surface area (Å²) in [5.74, 6) is 0.394. The number of carbonyl (C=O) groups is 1. The van der Waals surface area contributed by atoms with Crippen molar-refractivity contribution < 1.29 is 4.79 Å². The average Bonchev–Trinajstić information content (AvgIpc) is 3.02. The summed E-state index contributed by atoms with van der Waals surface area (Å²) in [6.07, 6.45) is 0. The molecule has 0 N–H and O–H groups in total. The zero-order chi connectivity index (χ0) is 18.5. The van der Waals surface area contributed by atoms with Crippen LogP contribution in [0.1, 0.15) is 12.5 Å². The molecule has 0 spiro atoms. The van der Waals surface area contributed by atoms with Crippen LogP contribution in [0.4, 0.5) is 5.69 Å². The highest BCUT2D eigenvalue weighted by molar-refractivity contribution is 8.01. The lowest BCUT2D eigenvalue weighted by atomic mass is 10.2. The van der Waals surface area contributed by atoms with Crippen molar-refractivity contribution in [2.45, 2.75) is 18.2 Å². The lowest BCUT2D eigenvalue weighted by Gasteiger charge is -2.20. The summed E-state index contributed by atoms with van der Waals surface area (Å²) in [5.41, 5.74) is 3.02. The van der Waals surface area contributed by atoms with Crippen LogP contribution in [0.5, 0.6) is 0 Å². The molecule has 7 heteroatoms. The summed E-state index contributed by atoms with van der Waals surface area (Å²) < 4.78 is 3.24. The lowest BCUT2D eigenvalue weighted by Crippen LogP contribution is -2.32. The van der Waals surface area contributed by atoms with Crippen LogP contribution >= 0.6 is 35.3 Å². The largest absolute Gasteiger partial charge is 0.312 e. The molecule has 0 aliphatic heterocycles. The first-order valence-corrected chi connectivity index (χ1v) is 10.4. The molecule has 134 valence electrons. The van der Waals surface area contributed by atoms with Gasteiger partial charge in [-0.05, 0) is 55.9 Å². The number of carbonyl (C=O) groups excluding carboxylic acids is 1. The van der Waals surface area contributed by atoms with E-state index in [-0.39, 0.29) is 5.91 Å². The number of rotatable bonds is 6. The standard InChI is InChI=1S/C19H19N3OS3/c1-3-21(15-9-5-4-6-10-15)17(23)13-25-18-20-22(19(24)26-18)16-11-7-8-14(2)12-16/h4-12H,3,13H2,1-2H3. The van der Waals surface area contributed by atoms with Gasteiger partial charge in [-0.15, -0.1) is 5.10 Å². The van der Waals surface area contributed by atoms with E-state index in [2.05, 4.69) is 5.10 Å². The molecule has 1 amide bonds. The van der Waals surface area contributed by atoms with E-state index < -0.39 is 0 Å². The van der Waals surface area contributed by atoms with Crippen molar-refractivity contribution in [3.05, 3.63) is 64.1 Å². The zero-order valence-electron chi connectivity index (χ0n) is 14.6. The SMILES string of the molecule is CCN(C(=O)CSc1nn(-c2cccc(C)c2)c(=S)s1)c1ccccc1. The summed E-state index contributed by atoms with van der Waals surface area (Å²) >= 11 is 8.30. The molecule has 0 fully saturated rings. The van der Waals surface area contributed by atoms with Crippen LogP contribution in [-0.4, -0.2) is 28.0 Å². The van der Waals surface area contributed by atoms with Gasteiger partial charge in [-0.25, -0.2) is 4.68 Å². The van der Waals surface area contributed by atoms with Crippen molar-refractivity contribution in [1.82, 2.24) is 9.78 Å². The molecule has 0 bridgehead atoms. The minimum atomic E-state index is 0.0620. The molecule has 26 heavy (non-hydrogen) atoms. The van der Waals surface area contributed by atoms with Gasteiger partial charge < -0.3 is 4.90 Å². The van der Waals surface area contributed by atoms with Crippen LogP contribution < -0.4 is 4.90 Å². The van der Waals surface area contributed by atoms with Crippen LogP contribution in [0.2, 0.25) is 0 Å². The molecule has 0 aliphatic rings. The maximum atomic E-state index is 12.6. The van der Waals surface area contributed by atoms with E-state index >= 15 is 0 Å². The second kappa shape index (κ2) is 8.62. The second-order valence-corrected chi connectivity index (χ2v) is 8.49. The van der Waals surface area contributed by atoms with Gasteiger partial charge in [0.25, 0.3) is 0 Å². The molecule has 4 nitrogen and oxygen atoms in total. The van der Waals surface area contributed by atoms with Gasteiger partial charge in [-0.3, -0.25) is 4.79 Å². The van der Waals surface area contributed by atoms with Crippen LogP contribution in [0.25, 0.3) is 5.69 Å². The number of para-hydroxylation sites is 1. The number of amides is 1. The predicted octanol–water partition coefficient (Wildman–Crippen LogP) is 5.12. The highest BCUT2D eigenvalue weighted by atomic mass is 32.2. The Labute approximate surface area is 166 Å². The Balaban J connectivity index is 1.71. The highest BCUT2D eigenvalue weighted by Gasteiger charge is 2.15. The Hall–Kier alpha value is -1.96. The first kappa shape index (κ1) is 18.8. The number of benzene rings is 2. The van der Waals surface area contributed by atoms with Crippen molar-refractivity contribution in [3.63, 3.8) is 0 Å². The molecule has 0 radical (unpaired) electrons. The first-order chi connectivity index (χ1) is 12.6. The van der Waals surface area contributed by atoms with Crippen molar-refractivity contribution in [3.8, 4) is 5.69 Å². The molecule has 0 saturated heterocycles. The van der Waals surface area contributed by atoms with Gasteiger partial charge >= 0.3 is 0 Å². The van der Waals surface area contributed by atoms with E-state index in [0.29, 0.717) is 16.3 Å². The summed E-state index contributed by atoms with van der Waals surface area (Å²) in [6, 6.07) is 17.8. The average molecular weight is 402 g/mol. The summed E-state index contributed by atoms with van der Waals surface area (Å²) in [6.45, 7) is 4.65. The van der Waals surface area contributed by atoms with Crippen molar-refractivity contribution >= 4 is 46.9 Å². The fourth-order valence-electron chi connectivity index (χ4n) is 2.55. The third-order valence-corrected chi connectivity index (χ3v) is 6.13. The fraction of sp³-hybridized carbons (Fsp3) is 0.211. The number of anilines is 1. The number of hydrogen-bond donors (Lipinski definition) is 0. The highest BCUT2D eigenvalue weighted by Crippen LogP contribution is 2.25. The van der Waals surface area contributed by atoms with Gasteiger partial charge in [-0.2, -0.15) is 0 Å². The Bertz CT molecular complexity index is 950.